The van der Waals surface area contributed by atoms with Crippen molar-refractivity contribution in [1.29, 1.82) is 0 Å². The summed E-state index contributed by atoms with van der Waals surface area (Å²) in [5.41, 5.74) is 1.75. The van der Waals surface area contributed by atoms with E-state index in [2.05, 4.69) is 39.4 Å². The second-order valence-electron chi connectivity index (χ2n) is 6.80. The molecule has 2 heterocycles. The van der Waals surface area contributed by atoms with Crippen molar-refractivity contribution in [2.45, 2.75) is 26.8 Å². The lowest BCUT2D eigenvalue weighted by Gasteiger charge is -2.30. The predicted octanol–water partition coefficient (Wildman–Crippen LogP) is 2.73. The maximum absolute atomic E-state index is 12.9. The molecule has 2 aromatic heterocycles. The van der Waals surface area contributed by atoms with Crippen LogP contribution in [-0.4, -0.2) is 50.4 Å². The van der Waals surface area contributed by atoms with Crippen LogP contribution in [-0.2, 0) is 0 Å². The largest absolute Gasteiger partial charge is 0.350 e. The van der Waals surface area contributed by atoms with Crippen molar-refractivity contribution < 1.29 is 4.79 Å². The minimum Gasteiger partial charge on any atom is -0.350 e. The molecule has 3 aromatic rings. The first-order chi connectivity index (χ1) is 14.5. The van der Waals surface area contributed by atoms with Gasteiger partial charge in [0.05, 0.1) is 23.5 Å². The Morgan fingerprint density at radius 1 is 1.23 bits per heavy atom. The molecule has 0 aliphatic rings. The van der Waals surface area contributed by atoms with Gasteiger partial charge < -0.3 is 5.32 Å². The molecule has 1 amide bonds. The predicted molar refractivity (Wildman–Crippen MR) is 116 cm³/mol. The van der Waals surface area contributed by atoms with Gasteiger partial charge in [0.15, 0.2) is 5.82 Å². The summed E-state index contributed by atoms with van der Waals surface area (Å²) in [6, 6.07) is 10.6. The lowest BCUT2D eigenvalue weighted by atomic mass is 10.0. The van der Waals surface area contributed by atoms with E-state index in [-0.39, 0.29) is 17.5 Å². The van der Waals surface area contributed by atoms with Gasteiger partial charge in [-0.15, -0.1) is 0 Å². The van der Waals surface area contributed by atoms with Crippen molar-refractivity contribution in [3.05, 3.63) is 74.8 Å². The van der Waals surface area contributed by atoms with E-state index in [1.807, 2.05) is 24.3 Å². The van der Waals surface area contributed by atoms with Crippen LogP contribution in [0.25, 0.3) is 5.82 Å². The zero-order chi connectivity index (χ0) is 21.7. The molecular weight excluding hydrogens is 404 g/mol. The Bertz CT molecular complexity index is 1050. The fourth-order valence-electron chi connectivity index (χ4n) is 3.45. The number of likely N-dealkylation sites (N-methyl/N-ethyl adjacent to an activating group) is 1. The van der Waals surface area contributed by atoms with E-state index in [1.165, 1.54) is 16.9 Å². The molecule has 0 radical (unpaired) electrons. The number of hydrogen-bond donors (Lipinski definition) is 2. The number of amides is 1. The van der Waals surface area contributed by atoms with E-state index in [0.29, 0.717) is 28.6 Å². The monoisotopic (exact) mass is 428 g/mol. The smallest absolute Gasteiger partial charge is 0.264 e. The van der Waals surface area contributed by atoms with Crippen LogP contribution in [0.15, 0.2) is 47.4 Å². The zero-order valence-electron chi connectivity index (χ0n) is 17.2. The highest BCUT2D eigenvalue weighted by molar-refractivity contribution is 6.31. The SMILES string of the molecule is CCN(CC)[C@@H](CNC(=O)c1cnn(-c2ccc(=O)[nH]n2)c1C)c1ccccc1Cl. The maximum Gasteiger partial charge on any atom is 0.264 e. The standard InChI is InChI=1S/C21H25ClN6O2/c1-4-27(5-2)18(15-8-6-7-9-17(15)22)13-23-21(30)16-12-24-28(14(16)3)19-10-11-20(29)26-25-19/h6-12,18H,4-5,13H2,1-3H3,(H,23,30)(H,26,29)/t18-/m0/s1. The molecule has 2 N–H and O–H groups in total. The molecule has 8 nitrogen and oxygen atoms in total. The summed E-state index contributed by atoms with van der Waals surface area (Å²) in [7, 11) is 0. The molecule has 158 valence electrons. The lowest BCUT2D eigenvalue weighted by Crippen LogP contribution is -2.38. The molecule has 30 heavy (non-hydrogen) atoms. The summed E-state index contributed by atoms with van der Waals surface area (Å²) in [6.45, 7) is 8.02. The second kappa shape index (κ2) is 9.69. The third kappa shape index (κ3) is 4.60. The van der Waals surface area contributed by atoms with Crippen molar-refractivity contribution in [3.63, 3.8) is 0 Å². The van der Waals surface area contributed by atoms with Gasteiger partial charge in [0.2, 0.25) is 0 Å². The normalized spacial score (nSPS) is 12.2. The third-order valence-corrected chi connectivity index (χ3v) is 5.45. The number of nitrogens with one attached hydrogen (secondary N) is 2. The molecule has 1 atom stereocenters. The molecule has 0 spiro atoms. The molecule has 0 aliphatic carbocycles. The van der Waals surface area contributed by atoms with Gasteiger partial charge in [-0.2, -0.15) is 10.2 Å². The number of aromatic nitrogens is 4. The Labute approximate surface area is 179 Å². The van der Waals surface area contributed by atoms with Crippen LogP contribution in [0, 0.1) is 6.92 Å². The number of aromatic amines is 1. The molecule has 0 saturated heterocycles. The number of nitrogens with zero attached hydrogens (tertiary/aromatic N) is 4. The molecule has 3 rings (SSSR count). The number of carbonyl (C=O) groups is 1. The first kappa shape index (κ1) is 21.7. The number of benzene rings is 1. The summed E-state index contributed by atoms with van der Waals surface area (Å²) in [4.78, 5) is 26.4. The van der Waals surface area contributed by atoms with Crippen LogP contribution < -0.4 is 10.9 Å². The van der Waals surface area contributed by atoms with Gasteiger partial charge in [0, 0.05) is 17.6 Å². The third-order valence-electron chi connectivity index (χ3n) is 5.11. The van der Waals surface area contributed by atoms with E-state index in [1.54, 1.807) is 13.0 Å². The maximum atomic E-state index is 12.9. The highest BCUT2D eigenvalue weighted by Crippen LogP contribution is 2.27. The summed E-state index contributed by atoms with van der Waals surface area (Å²) in [5, 5.41) is 14.3. The zero-order valence-corrected chi connectivity index (χ0v) is 18.0. The van der Waals surface area contributed by atoms with Gasteiger partial charge in [-0.3, -0.25) is 14.5 Å². The van der Waals surface area contributed by atoms with Crippen LogP contribution in [0.2, 0.25) is 5.02 Å². The molecule has 1 aromatic carbocycles. The summed E-state index contributed by atoms with van der Waals surface area (Å²) in [6.07, 6.45) is 1.50. The molecular formula is C21H25ClN6O2. The van der Waals surface area contributed by atoms with E-state index >= 15 is 0 Å². The van der Waals surface area contributed by atoms with Gasteiger partial charge in [-0.1, -0.05) is 43.6 Å². The fourth-order valence-corrected chi connectivity index (χ4v) is 3.71. The van der Waals surface area contributed by atoms with Crippen LogP contribution >= 0.6 is 11.6 Å². The highest BCUT2D eigenvalue weighted by Gasteiger charge is 2.22. The lowest BCUT2D eigenvalue weighted by molar-refractivity contribution is 0.0934. The number of halogens is 1. The molecule has 0 unspecified atom stereocenters. The van der Waals surface area contributed by atoms with Gasteiger partial charge in [0.25, 0.3) is 11.5 Å². The molecule has 9 heteroatoms. The fraction of sp³-hybridized carbons (Fsp3) is 0.333. The van der Waals surface area contributed by atoms with Crippen molar-refractivity contribution in [2.24, 2.45) is 0 Å². The highest BCUT2D eigenvalue weighted by atomic mass is 35.5. The number of carbonyl (C=O) groups excluding carboxylic acids is 1. The van der Waals surface area contributed by atoms with Crippen LogP contribution in [0.3, 0.4) is 0 Å². The van der Waals surface area contributed by atoms with Crippen molar-refractivity contribution in [2.75, 3.05) is 19.6 Å². The number of H-pyrrole nitrogens is 1. The Morgan fingerprint density at radius 3 is 2.60 bits per heavy atom. The van der Waals surface area contributed by atoms with Gasteiger partial charge in [-0.25, -0.2) is 9.78 Å². The van der Waals surface area contributed by atoms with E-state index in [0.717, 1.165) is 18.7 Å². The van der Waals surface area contributed by atoms with E-state index < -0.39 is 0 Å². The summed E-state index contributed by atoms with van der Waals surface area (Å²) >= 11 is 6.43. The summed E-state index contributed by atoms with van der Waals surface area (Å²) in [5.74, 6) is 0.204. The Kier molecular flexibility index (Phi) is 7.02. The topological polar surface area (TPSA) is 95.9 Å². The van der Waals surface area contributed by atoms with Crippen molar-refractivity contribution >= 4 is 17.5 Å². The first-order valence-corrected chi connectivity index (χ1v) is 10.2. The van der Waals surface area contributed by atoms with Gasteiger partial charge >= 0.3 is 0 Å². The van der Waals surface area contributed by atoms with Crippen molar-refractivity contribution in [1.82, 2.24) is 30.2 Å². The second-order valence-corrected chi connectivity index (χ2v) is 7.21. The van der Waals surface area contributed by atoms with Crippen LogP contribution in [0.4, 0.5) is 0 Å². The Hall–Kier alpha value is -2.97. The van der Waals surface area contributed by atoms with E-state index in [9.17, 15) is 9.59 Å². The van der Waals surface area contributed by atoms with Crippen molar-refractivity contribution in [3.8, 4) is 5.82 Å². The number of hydrogen-bond acceptors (Lipinski definition) is 5. The Morgan fingerprint density at radius 2 is 1.97 bits per heavy atom. The average molecular weight is 429 g/mol. The number of rotatable bonds is 8. The first-order valence-electron chi connectivity index (χ1n) is 9.83. The Balaban J connectivity index is 1.80. The minimum absolute atomic E-state index is 0.0473. The quantitative estimate of drug-likeness (QED) is 0.575. The van der Waals surface area contributed by atoms with Crippen LogP contribution in [0.5, 0.6) is 0 Å². The molecule has 0 fully saturated rings. The average Bonchev–Trinajstić information content (AvgIpc) is 3.13. The molecule has 0 bridgehead atoms. The minimum atomic E-state index is -0.302. The van der Waals surface area contributed by atoms with Crippen LogP contribution in [0.1, 0.15) is 41.5 Å². The van der Waals surface area contributed by atoms with Gasteiger partial charge in [-0.05, 0) is 37.7 Å². The molecule has 0 saturated carbocycles. The summed E-state index contributed by atoms with van der Waals surface area (Å²) < 4.78 is 1.51. The van der Waals surface area contributed by atoms with E-state index in [4.69, 9.17) is 11.6 Å². The van der Waals surface area contributed by atoms with Gasteiger partial charge in [0.1, 0.15) is 0 Å². The molecule has 0 aliphatic heterocycles.